The summed E-state index contributed by atoms with van der Waals surface area (Å²) in [7, 11) is 0. The fraction of sp³-hybridized carbons (Fsp3) is 0.200. The van der Waals surface area contributed by atoms with E-state index < -0.39 is 12.1 Å². The van der Waals surface area contributed by atoms with Crippen LogP contribution in [0.2, 0.25) is 5.02 Å². The molecule has 2 N–H and O–H groups in total. The van der Waals surface area contributed by atoms with Crippen LogP contribution in [0, 0.1) is 11.8 Å². The number of carboxylic acids is 1. The van der Waals surface area contributed by atoms with Crippen LogP contribution in [0.15, 0.2) is 48.5 Å². The van der Waals surface area contributed by atoms with Crippen LogP contribution in [0.5, 0.6) is 0 Å². The van der Waals surface area contributed by atoms with Gasteiger partial charge in [0.1, 0.15) is 6.61 Å². The molecule has 0 aromatic heterocycles. The molecule has 0 aliphatic heterocycles. The highest BCUT2D eigenvalue weighted by Gasteiger charge is 2.06. The Labute approximate surface area is 156 Å². The zero-order valence-electron chi connectivity index (χ0n) is 14.0. The van der Waals surface area contributed by atoms with Gasteiger partial charge in [0.15, 0.2) is 0 Å². The van der Waals surface area contributed by atoms with Crippen molar-refractivity contribution >= 4 is 23.7 Å². The maximum absolute atomic E-state index is 11.6. The molecule has 0 spiro atoms. The summed E-state index contributed by atoms with van der Waals surface area (Å²) in [6.07, 6.45) is -0.202. The molecule has 5 nitrogen and oxygen atoms in total. The van der Waals surface area contributed by atoms with Crippen molar-refractivity contribution in [2.24, 2.45) is 0 Å². The lowest BCUT2D eigenvalue weighted by Crippen LogP contribution is -2.24. The van der Waals surface area contributed by atoms with Gasteiger partial charge in [0.2, 0.25) is 0 Å². The van der Waals surface area contributed by atoms with Gasteiger partial charge in [0, 0.05) is 23.6 Å². The van der Waals surface area contributed by atoms with Crippen molar-refractivity contribution in [1.29, 1.82) is 0 Å². The molecule has 0 bridgehead atoms. The van der Waals surface area contributed by atoms with Gasteiger partial charge in [-0.15, -0.1) is 0 Å². The first kappa shape index (κ1) is 19.4. The van der Waals surface area contributed by atoms with E-state index in [-0.39, 0.29) is 13.0 Å². The average Bonchev–Trinajstić information content (AvgIpc) is 2.63. The zero-order chi connectivity index (χ0) is 18.8. The third-order valence-corrected chi connectivity index (χ3v) is 3.72. The van der Waals surface area contributed by atoms with Gasteiger partial charge in [0.25, 0.3) is 0 Å². The molecule has 134 valence electrons. The summed E-state index contributed by atoms with van der Waals surface area (Å²) in [5.41, 5.74) is 2.12. The summed E-state index contributed by atoms with van der Waals surface area (Å²) < 4.78 is 5.09. The van der Waals surface area contributed by atoms with Gasteiger partial charge in [-0.1, -0.05) is 53.8 Å². The van der Waals surface area contributed by atoms with E-state index in [4.69, 9.17) is 21.4 Å². The Morgan fingerprint density at radius 2 is 1.92 bits per heavy atom. The highest BCUT2D eigenvalue weighted by Crippen LogP contribution is 2.17. The summed E-state index contributed by atoms with van der Waals surface area (Å²) in [6, 6.07) is 14.4. The van der Waals surface area contributed by atoms with E-state index in [0.717, 1.165) is 5.56 Å². The van der Waals surface area contributed by atoms with Crippen LogP contribution in [0.3, 0.4) is 0 Å². The lowest BCUT2D eigenvalue weighted by atomic mass is 10.1. The first-order valence-corrected chi connectivity index (χ1v) is 8.36. The first-order valence-electron chi connectivity index (χ1n) is 7.98. The van der Waals surface area contributed by atoms with Crippen molar-refractivity contribution in [3.8, 4) is 11.8 Å². The second-order valence-corrected chi connectivity index (χ2v) is 5.82. The van der Waals surface area contributed by atoms with Gasteiger partial charge in [-0.05, 0) is 29.3 Å². The number of nitrogens with one attached hydrogen (secondary N) is 1. The Morgan fingerprint density at radius 3 is 2.65 bits per heavy atom. The predicted molar refractivity (Wildman–Crippen MR) is 98.9 cm³/mol. The molecule has 2 aromatic rings. The molecule has 0 atom stereocenters. The van der Waals surface area contributed by atoms with Crippen LogP contribution in [0.4, 0.5) is 4.79 Å². The maximum atomic E-state index is 11.6. The first-order chi connectivity index (χ1) is 12.5. The molecule has 0 aliphatic rings. The molecule has 0 aliphatic carbocycles. The van der Waals surface area contributed by atoms with E-state index in [1.165, 1.54) is 0 Å². The van der Waals surface area contributed by atoms with Gasteiger partial charge in [0.05, 0.1) is 6.42 Å². The van der Waals surface area contributed by atoms with Crippen molar-refractivity contribution < 1.29 is 19.4 Å². The van der Waals surface area contributed by atoms with Crippen molar-refractivity contribution in [3.05, 3.63) is 70.2 Å². The number of rotatable bonds is 6. The van der Waals surface area contributed by atoms with Crippen molar-refractivity contribution in [2.45, 2.75) is 19.4 Å². The van der Waals surface area contributed by atoms with Crippen molar-refractivity contribution in [1.82, 2.24) is 5.32 Å². The molecular weight excluding hydrogens is 354 g/mol. The number of ether oxygens (including phenoxy) is 1. The minimum atomic E-state index is -0.949. The SMILES string of the molecule is O=C(O)Cc1cc(C#CCCNC(=O)OCc2ccccc2)ccc1Cl. The van der Waals surface area contributed by atoms with Gasteiger partial charge < -0.3 is 15.2 Å². The number of halogens is 1. The second kappa shape index (κ2) is 10.1. The monoisotopic (exact) mass is 371 g/mol. The number of hydrogen-bond acceptors (Lipinski definition) is 3. The molecular formula is C20H18ClNO4. The Kier molecular flexibility index (Phi) is 7.53. The van der Waals surface area contributed by atoms with Crippen LogP contribution < -0.4 is 5.32 Å². The normalized spacial score (nSPS) is 9.73. The summed E-state index contributed by atoms with van der Waals surface area (Å²) in [6.45, 7) is 0.575. The number of alkyl carbamates (subject to hydrolysis) is 1. The van der Waals surface area contributed by atoms with Crippen molar-refractivity contribution in [3.63, 3.8) is 0 Å². The molecule has 0 fully saturated rings. The number of amides is 1. The molecule has 0 saturated carbocycles. The summed E-state index contributed by atoms with van der Waals surface area (Å²) in [5.74, 6) is 4.89. The molecule has 1 amide bonds. The number of benzene rings is 2. The number of carbonyl (C=O) groups is 2. The highest BCUT2D eigenvalue weighted by molar-refractivity contribution is 6.31. The van der Waals surface area contributed by atoms with Crippen LogP contribution >= 0.6 is 11.6 Å². The summed E-state index contributed by atoms with van der Waals surface area (Å²) in [4.78, 5) is 22.4. The Bertz CT molecular complexity index is 825. The maximum Gasteiger partial charge on any atom is 0.407 e. The second-order valence-electron chi connectivity index (χ2n) is 5.42. The largest absolute Gasteiger partial charge is 0.481 e. The molecule has 2 rings (SSSR count). The topological polar surface area (TPSA) is 75.6 Å². The van der Waals surface area contributed by atoms with Gasteiger partial charge in [-0.25, -0.2) is 4.79 Å². The van der Waals surface area contributed by atoms with E-state index in [2.05, 4.69) is 17.2 Å². The summed E-state index contributed by atoms with van der Waals surface area (Å²) >= 11 is 5.96. The molecule has 0 unspecified atom stereocenters. The van der Waals surface area contributed by atoms with Crippen LogP contribution in [0.25, 0.3) is 0 Å². The zero-order valence-corrected chi connectivity index (χ0v) is 14.8. The predicted octanol–water partition coefficient (Wildman–Crippen LogP) is 3.64. The smallest absolute Gasteiger partial charge is 0.407 e. The van der Waals surface area contributed by atoms with Gasteiger partial charge >= 0.3 is 12.1 Å². The quantitative estimate of drug-likeness (QED) is 0.600. The number of carbonyl (C=O) groups excluding carboxylic acids is 1. The fourth-order valence-corrected chi connectivity index (χ4v) is 2.30. The minimum Gasteiger partial charge on any atom is -0.481 e. The van der Waals surface area contributed by atoms with E-state index in [1.54, 1.807) is 18.2 Å². The van der Waals surface area contributed by atoms with E-state index in [0.29, 0.717) is 29.1 Å². The molecule has 0 saturated heterocycles. The average molecular weight is 372 g/mol. The lowest BCUT2D eigenvalue weighted by Gasteiger charge is -2.05. The van der Waals surface area contributed by atoms with Crippen LogP contribution in [-0.4, -0.2) is 23.7 Å². The third kappa shape index (κ3) is 6.88. The Morgan fingerprint density at radius 1 is 1.15 bits per heavy atom. The standard InChI is InChI=1S/C20H18ClNO4/c21-18-10-9-15(12-17(18)13-19(23)24)6-4-5-11-22-20(25)26-14-16-7-2-1-3-8-16/h1-3,7-10,12H,5,11,13-14H2,(H,22,25)(H,23,24). The lowest BCUT2D eigenvalue weighted by molar-refractivity contribution is -0.136. The summed E-state index contributed by atoms with van der Waals surface area (Å²) in [5, 5.41) is 11.9. The van der Waals surface area contributed by atoms with E-state index in [1.807, 2.05) is 30.3 Å². The Hall–Kier alpha value is -2.97. The van der Waals surface area contributed by atoms with Crippen LogP contribution in [-0.2, 0) is 22.6 Å². The van der Waals surface area contributed by atoms with Crippen molar-refractivity contribution in [2.75, 3.05) is 6.54 Å². The molecule has 0 heterocycles. The molecule has 26 heavy (non-hydrogen) atoms. The fourth-order valence-electron chi connectivity index (χ4n) is 2.12. The molecule has 0 radical (unpaired) electrons. The van der Waals surface area contributed by atoms with E-state index >= 15 is 0 Å². The third-order valence-electron chi connectivity index (χ3n) is 3.35. The number of hydrogen-bond donors (Lipinski definition) is 2. The number of carboxylic acid groups (broad SMARTS) is 1. The number of aliphatic carboxylic acids is 1. The highest BCUT2D eigenvalue weighted by atomic mass is 35.5. The van der Waals surface area contributed by atoms with Crippen LogP contribution in [0.1, 0.15) is 23.1 Å². The van der Waals surface area contributed by atoms with Gasteiger partial charge in [-0.2, -0.15) is 0 Å². The molecule has 6 heteroatoms. The molecule has 2 aromatic carbocycles. The van der Waals surface area contributed by atoms with E-state index in [9.17, 15) is 9.59 Å². The minimum absolute atomic E-state index is 0.150. The Balaban J connectivity index is 1.74. The van der Waals surface area contributed by atoms with Gasteiger partial charge in [-0.3, -0.25) is 4.79 Å².